The first kappa shape index (κ1) is 17.6. The van der Waals surface area contributed by atoms with Gasteiger partial charge in [-0.05, 0) is 18.4 Å². The zero-order chi connectivity index (χ0) is 13.8. The van der Waals surface area contributed by atoms with Gasteiger partial charge in [0.1, 0.15) is 0 Å². The average molecular weight is 283 g/mol. The van der Waals surface area contributed by atoms with E-state index in [4.69, 9.17) is 20.9 Å². The molecule has 0 aliphatic heterocycles. The molecule has 5 N–H and O–H groups in total. The maximum atomic E-state index is 11.4. The van der Waals surface area contributed by atoms with E-state index in [1.165, 1.54) is 0 Å². The molecule has 0 aliphatic rings. The number of rotatable bonds is 11. The van der Waals surface area contributed by atoms with Crippen molar-refractivity contribution in [3.05, 3.63) is 0 Å². The Kier molecular flexibility index (Phi) is 11.4. The number of thioether (sulfide) groups is 1. The van der Waals surface area contributed by atoms with Gasteiger partial charge in [-0.25, -0.2) is 4.84 Å². The van der Waals surface area contributed by atoms with Crippen molar-refractivity contribution in [1.82, 2.24) is 10.7 Å². The van der Waals surface area contributed by atoms with E-state index >= 15 is 0 Å². The largest absolute Gasteiger partial charge is 0.377 e. The molecule has 0 heterocycles. The first-order valence-corrected chi connectivity index (χ1v) is 6.88. The van der Waals surface area contributed by atoms with Crippen molar-refractivity contribution in [3.63, 3.8) is 0 Å². The van der Waals surface area contributed by atoms with Gasteiger partial charge in [0, 0.05) is 6.54 Å². The fraction of sp³-hybridized carbons (Fsp3) is 0.889. The molecule has 108 valence electrons. The van der Waals surface area contributed by atoms with Crippen molar-refractivity contribution in [2.45, 2.75) is 12.5 Å². The number of nitrogens with zero attached hydrogens (tertiary/aromatic N) is 1. The van der Waals surface area contributed by atoms with Crippen LogP contribution in [-0.2, 0) is 14.4 Å². The Bertz CT molecular complexity index is 220. The summed E-state index contributed by atoms with van der Waals surface area (Å²) in [5, 5.41) is 18.7. The molecule has 0 radical (unpaired) electrons. The van der Waals surface area contributed by atoms with Crippen LogP contribution < -0.4 is 11.1 Å². The number of nitrogens with one attached hydrogen (secondary N) is 1. The van der Waals surface area contributed by atoms with E-state index in [-0.39, 0.29) is 24.5 Å². The second-order valence-corrected chi connectivity index (χ2v) is 4.36. The monoisotopic (exact) mass is 283 g/mol. The highest BCUT2D eigenvalue weighted by Gasteiger charge is 2.11. The first-order valence-electron chi connectivity index (χ1n) is 5.48. The SMILES string of the molecule is CSCCC(N)C(=O)NCCOCCON(O)O. The van der Waals surface area contributed by atoms with Crippen LogP contribution in [0.4, 0.5) is 0 Å². The lowest BCUT2D eigenvalue weighted by atomic mass is 10.2. The number of carbonyl (C=O) groups excluding carboxylic acids is 1. The van der Waals surface area contributed by atoms with Gasteiger partial charge < -0.3 is 15.8 Å². The predicted molar refractivity (Wildman–Crippen MR) is 66.2 cm³/mol. The van der Waals surface area contributed by atoms with Gasteiger partial charge in [-0.15, -0.1) is 0 Å². The minimum Gasteiger partial charge on any atom is -0.377 e. The van der Waals surface area contributed by atoms with E-state index in [1.54, 1.807) is 11.8 Å². The molecule has 0 rings (SSSR count). The van der Waals surface area contributed by atoms with E-state index in [1.807, 2.05) is 6.26 Å². The van der Waals surface area contributed by atoms with Crippen LogP contribution in [-0.4, -0.2) is 66.1 Å². The Morgan fingerprint density at radius 2 is 2.17 bits per heavy atom. The standard InChI is InChI=1S/C9H21N3O5S/c1-18-7-2-8(10)9(13)11-3-4-16-5-6-17-12(14)15/h8,14-15H,2-7,10H2,1H3,(H,11,13). The summed E-state index contributed by atoms with van der Waals surface area (Å²) in [6, 6.07) is -0.488. The minimum absolute atomic E-state index is 0.00812. The summed E-state index contributed by atoms with van der Waals surface area (Å²) < 4.78 is 5.06. The summed E-state index contributed by atoms with van der Waals surface area (Å²) >= 11 is 1.64. The van der Waals surface area contributed by atoms with E-state index in [0.717, 1.165) is 5.75 Å². The van der Waals surface area contributed by atoms with Gasteiger partial charge in [0.15, 0.2) is 0 Å². The molecule has 0 bridgehead atoms. The van der Waals surface area contributed by atoms with Crippen molar-refractivity contribution in [2.75, 3.05) is 38.4 Å². The van der Waals surface area contributed by atoms with Crippen molar-refractivity contribution >= 4 is 17.7 Å². The van der Waals surface area contributed by atoms with Crippen LogP contribution in [0.5, 0.6) is 0 Å². The van der Waals surface area contributed by atoms with Crippen molar-refractivity contribution in [2.24, 2.45) is 5.73 Å². The Balaban J connectivity index is 3.34. The maximum absolute atomic E-state index is 11.4. The fourth-order valence-corrected chi connectivity index (χ4v) is 1.52. The molecule has 0 aromatic carbocycles. The lowest BCUT2D eigenvalue weighted by Gasteiger charge is -2.11. The minimum atomic E-state index is -0.488. The van der Waals surface area contributed by atoms with Crippen LogP contribution >= 0.6 is 11.8 Å². The predicted octanol–water partition coefficient (Wildman–Crippen LogP) is -0.788. The average Bonchev–Trinajstić information content (AvgIpc) is 2.34. The molecule has 0 fully saturated rings. The van der Waals surface area contributed by atoms with Gasteiger partial charge in [-0.2, -0.15) is 11.8 Å². The van der Waals surface area contributed by atoms with Crippen LogP contribution in [0.15, 0.2) is 0 Å². The van der Waals surface area contributed by atoms with E-state index in [2.05, 4.69) is 10.2 Å². The molecular weight excluding hydrogens is 262 g/mol. The third kappa shape index (κ3) is 10.7. The van der Waals surface area contributed by atoms with E-state index in [9.17, 15) is 4.79 Å². The molecule has 0 aromatic rings. The van der Waals surface area contributed by atoms with E-state index in [0.29, 0.717) is 19.6 Å². The Labute approximate surface area is 110 Å². The third-order valence-corrected chi connectivity index (χ3v) is 2.59. The lowest BCUT2D eigenvalue weighted by Crippen LogP contribution is -2.42. The molecule has 0 spiro atoms. The molecule has 1 unspecified atom stereocenters. The number of ether oxygens (including phenoxy) is 1. The van der Waals surface area contributed by atoms with Crippen LogP contribution in [0.2, 0.25) is 0 Å². The number of hydrogen-bond acceptors (Lipinski definition) is 8. The normalized spacial score (nSPS) is 12.7. The van der Waals surface area contributed by atoms with Gasteiger partial charge in [0.25, 0.3) is 0 Å². The van der Waals surface area contributed by atoms with E-state index < -0.39 is 6.04 Å². The number of amides is 1. The summed E-state index contributed by atoms with van der Waals surface area (Å²) in [4.78, 5) is 15.7. The summed E-state index contributed by atoms with van der Waals surface area (Å²) in [5.41, 5.74) is 5.65. The fourth-order valence-electron chi connectivity index (χ4n) is 1.03. The molecule has 0 aromatic heterocycles. The van der Waals surface area contributed by atoms with Crippen molar-refractivity contribution in [1.29, 1.82) is 0 Å². The van der Waals surface area contributed by atoms with Crippen molar-refractivity contribution < 1.29 is 24.8 Å². The van der Waals surface area contributed by atoms with Crippen LogP contribution in [0.3, 0.4) is 0 Å². The molecule has 1 atom stereocenters. The topological polar surface area (TPSA) is 117 Å². The smallest absolute Gasteiger partial charge is 0.237 e. The summed E-state index contributed by atoms with van der Waals surface area (Å²) in [6.07, 6.45) is 2.60. The third-order valence-electron chi connectivity index (χ3n) is 1.95. The van der Waals surface area contributed by atoms with Crippen LogP contribution in [0.1, 0.15) is 6.42 Å². The lowest BCUT2D eigenvalue weighted by molar-refractivity contribution is -0.493. The molecule has 0 aliphatic carbocycles. The molecular formula is C9H21N3O5S. The summed E-state index contributed by atoms with van der Waals surface area (Å²) in [5.74, 6) is 0.655. The molecule has 0 saturated heterocycles. The molecule has 0 saturated carbocycles. The highest BCUT2D eigenvalue weighted by atomic mass is 32.2. The molecule has 9 heteroatoms. The molecule has 1 amide bonds. The number of hydrogen-bond donors (Lipinski definition) is 4. The first-order chi connectivity index (χ1) is 8.57. The number of carbonyl (C=O) groups is 1. The Morgan fingerprint density at radius 1 is 1.44 bits per heavy atom. The van der Waals surface area contributed by atoms with Crippen molar-refractivity contribution in [3.8, 4) is 0 Å². The zero-order valence-electron chi connectivity index (χ0n) is 10.4. The molecule has 18 heavy (non-hydrogen) atoms. The highest BCUT2D eigenvalue weighted by Crippen LogP contribution is 1.98. The summed E-state index contributed by atoms with van der Waals surface area (Å²) in [7, 11) is 0. The Morgan fingerprint density at radius 3 is 2.78 bits per heavy atom. The van der Waals surface area contributed by atoms with Gasteiger partial charge in [-0.1, -0.05) is 0 Å². The van der Waals surface area contributed by atoms with Gasteiger partial charge >= 0.3 is 0 Å². The van der Waals surface area contributed by atoms with Gasteiger partial charge in [0.05, 0.1) is 31.3 Å². The number of nitrogens with two attached hydrogens (primary N) is 1. The second kappa shape index (κ2) is 11.7. The Hall–Kier alpha value is -0.420. The zero-order valence-corrected chi connectivity index (χ0v) is 11.2. The van der Waals surface area contributed by atoms with Gasteiger partial charge in [0.2, 0.25) is 5.91 Å². The van der Waals surface area contributed by atoms with Gasteiger partial charge in [-0.3, -0.25) is 15.2 Å². The maximum Gasteiger partial charge on any atom is 0.237 e. The second-order valence-electron chi connectivity index (χ2n) is 3.38. The quantitative estimate of drug-likeness (QED) is 0.288. The van der Waals surface area contributed by atoms with Crippen LogP contribution in [0, 0.1) is 0 Å². The summed E-state index contributed by atoms with van der Waals surface area (Å²) in [6.45, 7) is 0.856. The van der Waals surface area contributed by atoms with Crippen LogP contribution in [0.25, 0.3) is 0 Å². The molecule has 8 nitrogen and oxygen atoms in total. The highest BCUT2D eigenvalue weighted by molar-refractivity contribution is 7.98.